The average Bonchev–Trinajstić information content (AvgIpc) is 2.75. The van der Waals surface area contributed by atoms with Gasteiger partial charge in [0.15, 0.2) is 0 Å². The highest BCUT2D eigenvalue weighted by Crippen LogP contribution is 2.17. The lowest BCUT2D eigenvalue weighted by Crippen LogP contribution is -2.43. The van der Waals surface area contributed by atoms with Gasteiger partial charge < -0.3 is 15.2 Å². The molecule has 1 saturated heterocycles. The molecule has 0 saturated carbocycles. The topological polar surface area (TPSA) is 71.5 Å². The molecule has 92 valence electrons. The number of pyridine rings is 1. The molecule has 1 aromatic rings. The summed E-state index contributed by atoms with van der Waals surface area (Å²) in [5.74, 6) is -0.294. The minimum atomic E-state index is -0.939. The van der Waals surface area contributed by atoms with Gasteiger partial charge in [-0.1, -0.05) is 0 Å². The third kappa shape index (κ3) is 3.24. The molecule has 1 fully saturated rings. The summed E-state index contributed by atoms with van der Waals surface area (Å²) < 4.78 is 5.91. The van der Waals surface area contributed by atoms with Gasteiger partial charge in [0.2, 0.25) is 0 Å². The lowest BCUT2D eigenvalue weighted by atomic mass is 10.0. The molecular formula is C11H13BrN2O3. The molecule has 0 radical (unpaired) electrons. The Balaban J connectivity index is 1.91. The van der Waals surface area contributed by atoms with E-state index < -0.39 is 5.60 Å². The van der Waals surface area contributed by atoms with Crippen molar-refractivity contribution in [2.24, 2.45) is 0 Å². The molecule has 1 atom stereocenters. The fourth-order valence-corrected chi connectivity index (χ4v) is 1.82. The maximum atomic E-state index is 11.7. The smallest absolute Gasteiger partial charge is 0.269 e. The number of nitrogens with zero attached hydrogens (tertiary/aromatic N) is 1. The van der Waals surface area contributed by atoms with E-state index >= 15 is 0 Å². The number of aliphatic hydroxyl groups is 1. The van der Waals surface area contributed by atoms with Crippen LogP contribution < -0.4 is 5.32 Å². The molecule has 2 heterocycles. The predicted octanol–water partition coefficient (Wildman–Crippen LogP) is 0.725. The predicted molar refractivity (Wildman–Crippen MR) is 64.7 cm³/mol. The molecule has 2 rings (SSSR count). The van der Waals surface area contributed by atoms with E-state index in [1.165, 1.54) is 0 Å². The van der Waals surface area contributed by atoms with Gasteiger partial charge in [0, 0.05) is 30.2 Å². The first-order valence-corrected chi connectivity index (χ1v) is 6.08. The van der Waals surface area contributed by atoms with E-state index in [1.54, 1.807) is 18.3 Å². The van der Waals surface area contributed by atoms with Gasteiger partial charge >= 0.3 is 0 Å². The molecule has 0 bridgehead atoms. The fourth-order valence-electron chi connectivity index (χ4n) is 1.58. The van der Waals surface area contributed by atoms with Crippen molar-refractivity contribution in [3.05, 3.63) is 28.5 Å². The Morgan fingerprint density at radius 3 is 3.06 bits per heavy atom. The van der Waals surface area contributed by atoms with Gasteiger partial charge in [-0.05, 0) is 28.1 Å². The van der Waals surface area contributed by atoms with Gasteiger partial charge in [-0.2, -0.15) is 0 Å². The third-order valence-corrected chi connectivity index (χ3v) is 3.09. The number of nitrogens with one attached hydrogen (secondary N) is 1. The number of hydrogen-bond donors (Lipinski definition) is 2. The third-order valence-electron chi connectivity index (χ3n) is 2.62. The number of aromatic nitrogens is 1. The Hall–Kier alpha value is -0.980. The average molecular weight is 301 g/mol. The molecular weight excluding hydrogens is 288 g/mol. The van der Waals surface area contributed by atoms with Crippen LogP contribution in [0.2, 0.25) is 0 Å². The summed E-state index contributed by atoms with van der Waals surface area (Å²) in [6, 6.07) is 3.36. The number of halogens is 1. The van der Waals surface area contributed by atoms with Crippen LogP contribution in [-0.4, -0.2) is 41.4 Å². The Morgan fingerprint density at radius 2 is 2.47 bits per heavy atom. The number of rotatable bonds is 3. The second kappa shape index (κ2) is 5.12. The van der Waals surface area contributed by atoms with Crippen LogP contribution in [0.4, 0.5) is 0 Å². The maximum absolute atomic E-state index is 11.7. The Labute approximate surface area is 107 Å². The molecule has 5 nitrogen and oxygen atoms in total. The number of ether oxygens (including phenoxy) is 1. The first kappa shape index (κ1) is 12.5. The zero-order valence-electron chi connectivity index (χ0n) is 9.15. The first-order valence-electron chi connectivity index (χ1n) is 5.29. The first-order chi connectivity index (χ1) is 8.09. The number of amides is 1. The summed E-state index contributed by atoms with van der Waals surface area (Å²) in [6.07, 6.45) is 2.10. The number of carbonyl (C=O) groups excluding carboxylic acids is 1. The standard InChI is InChI=1S/C11H13BrN2O3/c12-8-1-2-9(13-5-8)10(15)14-6-11(16)3-4-17-7-11/h1-2,5,16H,3-4,6-7H2,(H,14,15)/t11-/m1/s1. The lowest BCUT2D eigenvalue weighted by molar-refractivity contribution is 0.0264. The molecule has 1 amide bonds. The molecule has 6 heteroatoms. The van der Waals surface area contributed by atoms with Crippen molar-refractivity contribution in [2.45, 2.75) is 12.0 Å². The van der Waals surface area contributed by atoms with Gasteiger partial charge in [0.25, 0.3) is 5.91 Å². The Bertz CT molecular complexity index is 402. The summed E-state index contributed by atoms with van der Waals surface area (Å²) >= 11 is 3.25. The van der Waals surface area contributed by atoms with Gasteiger partial charge in [-0.25, -0.2) is 4.98 Å². The number of carbonyl (C=O) groups is 1. The van der Waals surface area contributed by atoms with E-state index in [9.17, 15) is 9.90 Å². The van der Waals surface area contributed by atoms with Gasteiger partial charge in [0.05, 0.1) is 6.61 Å². The highest BCUT2D eigenvalue weighted by molar-refractivity contribution is 9.10. The summed E-state index contributed by atoms with van der Waals surface area (Å²) in [4.78, 5) is 15.7. The second-order valence-corrected chi connectivity index (χ2v) is 4.99. The molecule has 0 aromatic carbocycles. The van der Waals surface area contributed by atoms with Crippen LogP contribution in [0.5, 0.6) is 0 Å². The van der Waals surface area contributed by atoms with Crippen molar-refractivity contribution in [2.75, 3.05) is 19.8 Å². The lowest BCUT2D eigenvalue weighted by Gasteiger charge is -2.20. The van der Waals surface area contributed by atoms with E-state index in [-0.39, 0.29) is 19.1 Å². The van der Waals surface area contributed by atoms with Crippen molar-refractivity contribution in [1.82, 2.24) is 10.3 Å². The normalized spacial score (nSPS) is 23.6. The summed E-state index contributed by atoms with van der Waals surface area (Å²) in [5, 5.41) is 12.6. The van der Waals surface area contributed by atoms with Crippen molar-refractivity contribution < 1.29 is 14.6 Å². The van der Waals surface area contributed by atoms with Crippen LogP contribution in [0.1, 0.15) is 16.9 Å². The van der Waals surface area contributed by atoms with E-state index in [0.29, 0.717) is 18.7 Å². The summed E-state index contributed by atoms with van der Waals surface area (Å²) in [7, 11) is 0. The molecule has 0 unspecified atom stereocenters. The fraction of sp³-hybridized carbons (Fsp3) is 0.455. The van der Waals surface area contributed by atoms with Crippen LogP contribution in [0.15, 0.2) is 22.8 Å². The quantitative estimate of drug-likeness (QED) is 0.863. The van der Waals surface area contributed by atoms with Gasteiger partial charge in [-0.15, -0.1) is 0 Å². The van der Waals surface area contributed by atoms with Gasteiger partial charge in [-0.3, -0.25) is 4.79 Å². The summed E-state index contributed by atoms with van der Waals surface area (Å²) in [6.45, 7) is 0.980. The minimum Gasteiger partial charge on any atom is -0.386 e. The van der Waals surface area contributed by atoms with E-state index in [1.807, 2.05) is 0 Å². The van der Waals surface area contributed by atoms with Crippen LogP contribution >= 0.6 is 15.9 Å². The van der Waals surface area contributed by atoms with Crippen LogP contribution in [0.25, 0.3) is 0 Å². The van der Waals surface area contributed by atoms with E-state index in [0.717, 1.165) is 4.47 Å². The van der Waals surface area contributed by atoms with E-state index in [2.05, 4.69) is 26.2 Å². The molecule has 2 N–H and O–H groups in total. The largest absolute Gasteiger partial charge is 0.386 e. The monoisotopic (exact) mass is 300 g/mol. The highest BCUT2D eigenvalue weighted by Gasteiger charge is 2.32. The molecule has 0 spiro atoms. The molecule has 17 heavy (non-hydrogen) atoms. The van der Waals surface area contributed by atoms with E-state index in [4.69, 9.17) is 4.74 Å². The molecule has 0 aliphatic carbocycles. The molecule has 1 aromatic heterocycles. The Morgan fingerprint density at radius 1 is 1.65 bits per heavy atom. The Kier molecular flexibility index (Phi) is 3.76. The van der Waals surface area contributed by atoms with Crippen LogP contribution in [0.3, 0.4) is 0 Å². The summed E-state index contributed by atoms with van der Waals surface area (Å²) in [5.41, 5.74) is -0.610. The maximum Gasteiger partial charge on any atom is 0.269 e. The highest BCUT2D eigenvalue weighted by atomic mass is 79.9. The zero-order valence-corrected chi connectivity index (χ0v) is 10.7. The zero-order chi connectivity index (χ0) is 12.3. The van der Waals surface area contributed by atoms with Crippen LogP contribution in [-0.2, 0) is 4.74 Å². The number of hydrogen-bond acceptors (Lipinski definition) is 4. The van der Waals surface area contributed by atoms with Crippen LogP contribution in [0, 0.1) is 0 Å². The van der Waals surface area contributed by atoms with Gasteiger partial charge in [0.1, 0.15) is 11.3 Å². The van der Waals surface area contributed by atoms with Crippen molar-refractivity contribution in [1.29, 1.82) is 0 Å². The van der Waals surface area contributed by atoms with Crippen molar-refractivity contribution in [3.63, 3.8) is 0 Å². The molecule has 1 aliphatic rings. The minimum absolute atomic E-state index is 0.184. The van der Waals surface area contributed by atoms with Crippen molar-refractivity contribution in [3.8, 4) is 0 Å². The second-order valence-electron chi connectivity index (χ2n) is 4.07. The molecule has 1 aliphatic heterocycles. The SMILES string of the molecule is O=C(NC[C@]1(O)CCOC1)c1ccc(Br)cn1. The van der Waals surface area contributed by atoms with Crippen molar-refractivity contribution >= 4 is 21.8 Å².